The standard InChI is InChI=1S/C19H19ClN2O2S/c1-2-13-5-10-16-17(12-13)25-19(21-16)22-18(23)4-3-11-24-15-8-6-14(20)7-9-15/h5-10,12H,2-4,11H2,1H3,(H,21,22,23). The molecule has 0 fully saturated rings. The highest BCUT2D eigenvalue weighted by Crippen LogP contribution is 2.27. The summed E-state index contributed by atoms with van der Waals surface area (Å²) in [6.07, 6.45) is 2.02. The number of hydrogen-bond donors (Lipinski definition) is 1. The molecule has 0 unspecified atom stereocenters. The van der Waals surface area contributed by atoms with E-state index in [1.54, 1.807) is 12.1 Å². The van der Waals surface area contributed by atoms with Gasteiger partial charge in [-0.15, -0.1) is 0 Å². The van der Waals surface area contributed by atoms with Crippen LogP contribution in [0.5, 0.6) is 5.75 Å². The van der Waals surface area contributed by atoms with Crippen LogP contribution in [0.2, 0.25) is 5.02 Å². The minimum absolute atomic E-state index is 0.0468. The number of thiazole rings is 1. The highest BCUT2D eigenvalue weighted by Gasteiger charge is 2.08. The Hall–Kier alpha value is -2.11. The molecule has 4 nitrogen and oxygen atoms in total. The first-order valence-corrected chi connectivity index (χ1v) is 9.41. The summed E-state index contributed by atoms with van der Waals surface area (Å²) in [7, 11) is 0. The molecule has 130 valence electrons. The molecule has 2 aromatic carbocycles. The molecule has 0 aliphatic heterocycles. The fraction of sp³-hybridized carbons (Fsp3) is 0.263. The van der Waals surface area contributed by atoms with Gasteiger partial charge in [-0.3, -0.25) is 4.79 Å². The maximum absolute atomic E-state index is 12.1. The molecule has 1 aromatic heterocycles. The largest absolute Gasteiger partial charge is 0.494 e. The number of aryl methyl sites for hydroxylation is 1. The number of rotatable bonds is 7. The Morgan fingerprint density at radius 2 is 2.04 bits per heavy atom. The molecular weight excluding hydrogens is 356 g/mol. The quantitative estimate of drug-likeness (QED) is 0.570. The summed E-state index contributed by atoms with van der Waals surface area (Å²) in [5.41, 5.74) is 2.19. The van der Waals surface area contributed by atoms with Gasteiger partial charge in [-0.25, -0.2) is 4.98 Å². The summed E-state index contributed by atoms with van der Waals surface area (Å²) in [4.78, 5) is 16.5. The van der Waals surface area contributed by atoms with Crippen LogP contribution in [0.3, 0.4) is 0 Å². The average molecular weight is 375 g/mol. The predicted octanol–water partition coefficient (Wildman–Crippen LogP) is 5.31. The normalized spacial score (nSPS) is 10.8. The molecule has 0 radical (unpaired) electrons. The summed E-state index contributed by atoms with van der Waals surface area (Å²) in [6, 6.07) is 13.4. The van der Waals surface area contributed by atoms with E-state index in [1.165, 1.54) is 16.9 Å². The van der Waals surface area contributed by atoms with Crippen molar-refractivity contribution in [3.8, 4) is 5.75 Å². The van der Waals surface area contributed by atoms with E-state index in [0.29, 0.717) is 29.6 Å². The van der Waals surface area contributed by atoms with Crippen LogP contribution < -0.4 is 10.1 Å². The zero-order valence-corrected chi connectivity index (χ0v) is 15.5. The summed E-state index contributed by atoms with van der Waals surface area (Å²) in [5, 5.41) is 4.19. The van der Waals surface area contributed by atoms with Crippen LogP contribution in [0.4, 0.5) is 5.13 Å². The number of carbonyl (C=O) groups is 1. The average Bonchev–Trinajstić information content (AvgIpc) is 3.01. The Balaban J connectivity index is 1.46. The molecule has 0 spiro atoms. The van der Waals surface area contributed by atoms with Gasteiger partial charge in [-0.2, -0.15) is 0 Å². The monoisotopic (exact) mass is 374 g/mol. The number of nitrogens with one attached hydrogen (secondary N) is 1. The fourth-order valence-corrected chi connectivity index (χ4v) is 3.45. The van der Waals surface area contributed by atoms with E-state index in [2.05, 4.69) is 29.4 Å². The number of fused-ring (bicyclic) bond motifs is 1. The van der Waals surface area contributed by atoms with Crippen LogP contribution in [0.15, 0.2) is 42.5 Å². The fourth-order valence-electron chi connectivity index (χ4n) is 2.38. The van der Waals surface area contributed by atoms with Gasteiger partial charge < -0.3 is 10.1 Å². The maximum Gasteiger partial charge on any atom is 0.226 e. The number of hydrogen-bond acceptors (Lipinski definition) is 4. The zero-order valence-electron chi connectivity index (χ0n) is 13.9. The number of benzene rings is 2. The number of anilines is 1. The van der Waals surface area contributed by atoms with Crippen molar-refractivity contribution in [1.29, 1.82) is 0 Å². The van der Waals surface area contributed by atoms with E-state index >= 15 is 0 Å². The highest BCUT2D eigenvalue weighted by molar-refractivity contribution is 7.22. The van der Waals surface area contributed by atoms with Gasteiger partial charge >= 0.3 is 0 Å². The second-order valence-electron chi connectivity index (χ2n) is 5.63. The number of aromatic nitrogens is 1. The lowest BCUT2D eigenvalue weighted by Crippen LogP contribution is -2.12. The Morgan fingerprint density at radius 3 is 2.80 bits per heavy atom. The topological polar surface area (TPSA) is 51.2 Å². The lowest BCUT2D eigenvalue weighted by Gasteiger charge is -2.06. The van der Waals surface area contributed by atoms with Gasteiger partial charge in [0.2, 0.25) is 5.91 Å². The molecule has 3 rings (SSSR count). The minimum Gasteiger partial charge on any atom is -0.494 e. The van der Waals surface area contributed by atoms with E-state index in [1.807, 2.05) is 18.2 Å². The van der Waals surface area contributed by atoms with Gasteiger partial charge in [0.05, 0.1) is 16.8 Å². The smallest absolute Gasteiger partial charge is 0.226 e. The SMILES string of the molecule is CCc1ccc2nc(NC(=O)CCCOc3ccc(Cl)cc3)sc2c1. The predicted molar refractivity (Wildman–Crippen MR) is 104 cm³/mol. The van der Waals surface area contributed by atoms with Crippen molar-refractivity contribution in [1.82, 2.24) is 4.98 Å². The third-order valence-electron chi connectivity index (χ3n) is 3.74. The van der Waals surface area contributed by atoms with Crippen molar-refractivity contribution in [3.05, 3.63) is 53.1 Å². The number of nitrogens with zero attached hydrogens (tertiary/aromatic N) is 1. The van der Waals surface area contributed by atoms with Crippen LogP contribution in [-0.2, 0) is 11.2 Å². The number of halogens is 1. The molecule has 1 heterocycles. The Labute approximate surface area is 155 Å². The third-order valence-corrected chi connectivity index (χ3v) is 4.92. The molecule has 0 bridgehead atoms. The number of ether oxygens (including phenoxy) is 1. The number of amides is 1. The first kappa shape index (κ1) is 17.7. The molecule has 0 aliphatic carbocycles. The van der Waals surface area contributed by atoms with Crippen molar-refractivity contribution in [2.24, 2.45) is 0 Å². The van der Waals surface area contributed by atoms with Gasteiger partial charge in [0, 0.05) is 11.4 Å². The highest BCUT2D eigenvalue weighted by atomic mass is 35.5. The van der Waals surface area contributed by atoms with E-state index in [9.17, 15) is 4.79 Å². The van der Waals surface area contributed by atoms with Gasteiger partial charge in [-0.1, -0.05) is 35.9 Å². The lowest BCUT2D eigenvalue weighted by atomic mass is 10.2. The third kappa shape index (κ3) is 4.94. The molecule has 0 aliphatic rings. The zero-order chi connectivity index (χ0) is 17.6. The van der Waals surface area contributed by atoms with Crippen molar-refractivity contribution in [3.63, 3.8) is 0 Å². The molecule has 1 N–H and O–H groups in total. The first-order chi connectivity index (χ1) is 12.1. The van der Waals surface area contributed by atoms with Crippen LogP contribution in [0, 0.1) is 0 Å². The second kappa shape index (κ2) is 8.32. The van der Waals surface area contributed by atoms with Gasteiger partial charge in [0.1, 0.15) is 5.75 Å². The molecular formula is C19H19ClN2O2S. The van der Waals surface area contributed by atoms with Gasteiger partial charge in [-0.05, 0) is 54.8 Å². The van der Waals surface area contributed by atoms with Gasteiger partial charge in [0.25, 0.3) is 0 Å². The van der Waals surface area contributed by atoms with Crippen molar-refractivity contribution in [2.75, 3.05) is 11.9 Å². The molecule has 6 heteroatoms. The van der Waals surface area contributed by atoms with E-state index < -0.39 is 0 Å². The Morgan fingerprint density at radius 1 is 1.24 bits per heavy atom. The first-order valence-electron chi connectivity index (χ1n) is 8.21. The summed E-state index contributed by atoms with van der Waals surface area (Å²) >= 11 is 7.33. The van der Waals surface area contributed by atoms with E-state index in [4.69, 9.17) is 16.3 Å². The van der Waals surface area contributed by atoms with Crippen LogP contribution in [0.1, 0.15) is 25.3 Å². The molecule has 0 atom stereocenters. The van der Waals surface area contributed by atoms with E-state index in [0.717, 1.165) is 22.4 Å². The van der Waals surface area contributed by atoms with Crippen molar-refractivity contribution < 1.29 is 9.53 Å². The summed E-state index contributed by atoms with van der Waals surface area (Å²) in [5.74, 6) is 0.706. The molecule has 0 saturated heterocycles. The van der Waals surface area contributed by atoms with Crippen molar-refractivity contribution in [2.45, 2.75) is 26.2 Å². The summed E-state index contributed by atoms with van der Waals surface area (Å²) in [6.45, 7) is 2.60. The second-order valence-corrected chi connectivity index (χ2v) is 7.10. The van der Waals surface area contributed by atoms with Crippen LogP contribution in [0.25, 0.3) is 10.2 Å². The minimum atomic E-state index is -0.0468. The molecule has 25 heavy (non-hydrogen) atoms. The number of carbonyl (C=O) groups excluding carboxylic acids is 1. The Kier molecular flexibility index (Phi) is 5.89. The van der Waals surface area contributed by atoms with Gasteiger partial charge in [0.15, 0.2) is 5.13 Å². The lowest BCUT2D eigenvalue weighted by molar-refractivity contribution is -0.116. The maximum atomic E-state index is 12.1. The van der Waals surface area contributed by atoms with Crippen molar-refractivity contribution >= 4 is 44.2 Å². The van der Waals surface area contributed by atoms with Crippen LogP contribution in [-0.4, -0.2) is 17.5 Å². The van der Waals surface area contributed by atoms with Crippen LogP contribution >= 0.6 is 22.9 Å². The summed E-state index contributed by atoms with van der Waals surface area (Å²) < 4.78 is 6.68. The molecule has 0 saturated carbocycles. The molecule has 3 aromatic rings. The Bertz CT molecular complexity index is 861. The molecule has 1 amide bonds. The van der Waals surface area contributed by atoms with E-state index in [-0.39, 0.29) is 5.91 Å².